The van der Waals surface area contributed by atoms with Crippen LogP contribution in [0.5, 0.6) is 0 Å². The number of carbonyl (C=O) groups excluding carboxylic acids is 1. The van der Waals surface area contributed by atoms with Gasteiger partial charge in [0, 0.05) is 32.7 Å². The highest BCUT2D eigenvalue weighted by Crippen LogP contribution is 2.11. The maximum Gasteiger partial charge on any atom is 0.320 e. The summed E-state index contributed by atoms with van der Waals surface area (Å²) in [5, 5.41) is 12.0. The van der Waals surface area contributed by atoms with Crippen LogP contribution in [-0.2, 0) is 9.53 Å². The minimum Gasteiger partial charge on any atom is -0.481 e. The zero-order valence-corrected chi connectivity index (χ0v) is 11.0. The molecule has 0 radical (unpaired) electrons. The van der Waals surface area contributed by atoms with E-state index in [0.29, 0.717) is 26.2 Å². The van der Waals surface area contributed by atoms with E-state index in [0.717, 1.165) is 26.1 Å². The van der Waals surface area contributed by atoms with E-state index in [1.165, 1.54) is 0 Å². The van der Waals surface area contributed by atoms with Crippen molar-refractivity contribution in [3.8, 4) is 0 Å². The minimum absolute atomic E-state index is 0.00221. The first-order valence-corrected chi connectivity index (χ1v) is 6.75. The molecule has 0 aromatic rings. The normalized spacial score (nSPS) is 24.9. The van der Waals surface area contributed by atoms with Gasteiger partial charge in [0.25, 0.3) is 0 Å². The van der Waals surface area contributed by atoms with Gasteiger partial charge in [0.05, 0.1) is 19.1 Å². The van der Waals surface area contributed by atoms with Crippen LogP contribution in [0.2, 0.25) is 0 Å². The van der Waals surface area contributed by atoms with E-state index < -0.39 is 5.97 Å². The van der Waals surface area contributed by atoms with Gasteiger partial charge in [-0.05, 0) is 13.0 Å². The Bertz CT molecular complexity index is 329. The van der Waals surface area contributed by atoms with Crippen molar-refractivity contribution in [2.45, 2.75) is 18.9 Å². The molecule has 0 aromatic carbocycles. The van der Waals surface area contributed by atoms with Gasteiger partial charge >= 0.3 is 12.0 Å². The average molecular weight is 271 g/mol. The third-order valence-electron chi connectivity index (χ3n) is 3.42. The lowest BCUT2D eigenvalue weighted by Crippen LogP contribution is -2.52. The number of ether oxygens (including phenoxy) is 1. The summed E-state index contributed by atoms with van der Waals surface area (Å²) in [4.78, 5) is 26.6. The predicted octanol–water partition coefficient (Wildman–Crippen LogP) is -0.423. The number of morpholine rings is 1. The molecule has 0 spiro atoms. The van der Waals surface area contributed by atoms with Crippen LogP contribution in [0.4, 0.5) is 4.79 Å². The second-order valence-electron chi connectivity index (χ2n) is 4.91. The summed E-state index contributed by atoms with van der Waals surface area (Å²) in [6.45, 7) is 4.54. The summed E-state index contributed by atoms with van der Waals surface area (Å²) in [5.74, 6) is -0.890. The Labute approximate surface area is 112 Å². The lowest BCUT2D eigenvalue weighted by molar-refractivity contribution is -0.141. The van der Waals surface area contributed by atoms with Crippen LogP contribution < -0.4 is 5.32 Å². The Hall–Kier alpha value is -1.34. The first-order chi connectivity index (χ1) is 9.16. The van der Waals surface area contributed by atoms with Crippen LogP contribution in [0, 0.1) is 0 Å². The molecule has 2 aliphatic heterocycles. The zero-order chi connectivity index (χ0) is 13.7. The number of carboxylic acids is 1. The number of carbonyl (C=O) groups is 2. The number of aliphatic carboxylic acids is 1. The molecule has 2 fully saturated rings. The molecule has 2 amide bonds. The zero-order valence-electron chi connectivity index (χ0n) is 11.0. The summed E-state index contributed by atoms with van der Waals surface area (Å²) in [6.07, 6.45) is 0.514. The molecule has 0 bridgehead atoms. The standard InChI is InChI=1S/C12H21N3O4/c16-11(17)8-10-9-15(6-7-19-10)12(18)14-4-1-2-13-3-5-14/h10,13H,1-9H2,(H,16,17). The molecule has 2 aliphatic rings. The first-order valence-electron chi connectivity index (χ1n) is 6.75. The van der Waals surface area contributed by atoms with Crippen LogP contribution in [0.1, 0.15) is 12.8 Å². The molecule has 7 heteroatoms. The highest BCUT2D eigenvalue weighted by molar-refractivity contribution is 5.75. The Morgan fingerprint density at radius 2 is 2.05 bits per heavy atom. The smallest absolute Gasteiger partial charge is 0.320 e. The molecule has 0 aliphatic carbocycles. The molecule has 108 valence electrons. The molecule has 19 heavy (non-hydrogen) atoms. The number of hydrogen-bond acceptors (Lipinski definition) is 4. The number of nitrogens with zero attached hydrogens (tertiary/aromatic N) is 2. The van der Waals surface area contributed by atoms with Crippen molar-refractivity contribution in [3.05, 3.63) is 0 Å². The van der Waals surface area contributed by atoms with Crippen LogP contribution in [0.3, 0.4) is 0 Å². The fourth-order valence-corrected chi connectivity index (χ4v) is 2.45. The van der Waals surface area contributed by atoms with Crippen LogP contribution >= 0.6 is 0 Å². The Balaban J connectivity index is 1.88. The van der Waals surface area contributed by atoms with Gasteiger partial charge in [-0.1, -0.05) is 0 Å². The van der Waals surface area contributed by atoms with Gasteiger partial charge in [0.15, 0.2) is 0 Å². The van der Waals surface area contributed by atoms with E-state index in [1.807, 2.05) is 4.90 Å². The van der Waals surface area contributed by atoms with Gasteiger partial charge < -0.3 is 25.0 Å². The van der Waals surface area contributed by atoms with Crippen molar-refractivity contribution >= 4 is 12.0 Å². The quantitative estimate of drug-likeness (QED) is 0.712. The Kier molecular flexibility index (Phi) is 4.98. The monoisotopic (exact) mass is 271 g/mol. The molecule has 2 rings (SSSR count). The lowest BCUT2D eigenvalue weighted by atomic mass is 10.2. The third kappa shape index (κ3) is 4.07. The van der Waals surface area contributed by atoms with Gasteiger partial charge in [-0.25, -0.2) is 4.79 Å². The van der Waals surface area contributed by atoms with Crippen LogP contribution in [0.15, 0.2) is 0 Å². The van der Waals surface area contributed by atoms with Crippen LogP contribution in [-0.4, -0.2) is 78.9 Å². The number of rotatable bonds is 2. The molecular weight excluding hydrogens is 250 g/mol. The maximum atomic E-state index is 12.4. The van der Waals surface area contributed by atoms with Gasteiger partial charge in [-0.15, -0.1) is 0 Å². The van der Waals surface area contributed by atoms with Crippen molar-refractivity contribution in [1.82, 2.24) is 15.1 Å². The number of amides is 2. The Morgan fingerprint density at radius 1 is 1.21 bits per heavy atom. The molecule has 0 saturated carbocycles. The maximum absolute atomic E-state index is 12.4. The summed E-state index contributed by atoms with van der Waals surface area (Å²) in [7, 11) is 0. The second-order valence-corrected chi connectivity index (χ2v) is 4.91. The lowest BCUT2D eigenvalue weighted by Gasteiger charge is -2.35. The third-order valence-corrected chi connectivity index (χ3v) is 3.42. The molecule has 1 atom stereocenters. The molecule has 0 aromatic heterocycles. The molecule has 2 heterocycles. The van der Waals surface area contributed by atoms with E-state index in [4.69, 9.17) is 9.84 Å². The van der Waals surface area contributed by atoms with Crippen molar-refractivity contribution in [3.63, 3.8) is 0 Å². The van der Waals surface area contributed by atoms with Gasteiger partial charge in [0.2, 0.25) is 0 Å². The van der Waals surface area contributed by atoms with Gasteiger partial charge in [-0.3, -0.25) is 4.79 Å². The fraction of sp³-hybridized carbons (Fsp3) is 0.833. The van der Waals surface area contributed by atoms with Gasteiger partial charge in [0.1, 0.15) is 0 Å². The van der Waals surface area contributed by atoms with E-state index >= 15 is 0 Å². The minimum atomic E-state index is -0.890. The van der Waals surface area contributed by atoms with E-state index in [1.54, 1.807) is 4.90 Å². The molecular formula is C12H21N3O4. The number of urea groups is 1. The summed E-state index contributed by atoms with van der Waals surface area (Å²) in [6, 6.07) is 0.00221. The van der Waals surface area contributed by atoms with E-state index in [9.17, 15) is 9.59 Å². The van der Waals surface area contributed by atoms with Crippen molar-refractivity contribution in [2.24, 2.45) is 0 Å². The van der Waals surface area contributed by atoms with Crippen molar-refractivity contribution < 1.29 is 19.4 Å². The first kappa shape index (κ1) is 14.1. The van der Waals surface area contributed by atoms with E-state index in [2.05, 4.69) is 5.32 Å². The Morgan fingerprint density at radius 3 is 2.84 bits per heavy atom. The summed E-state index contributed by atoms with van der Waals surface area (Å²) >= 11 is 0. The van der Waals surface area contributed by atoms with E-state index in [-0.39, 0.29) is 18.6 Å². The van der Waals surface area contributed by atoms with Gasteiger partial charge in [-0.2, -0.15) is 0 Å². The summed E-state index contributed by atoms with van der Waals surface area (Å²) < 4.78 is 5.38. The van der Waals surface area contributed by atoms with Crippen molar-refractivity contribution in [1.29, 1.82) is 0 Å². The molecule has 2 N–H and O–H groups in total. The summed E-state index contributed by atoms with van der Waals surface area (Å²) in [5.41, 5.74) is 0. The second kappa shape index (κ2) is 6.72. The average Bonchev–Trinajstić information content (AvgIpc) is 2.66. The number of carboxylic acid groups (broad SMARTS) is 1. The molecule has 7 nitrogen and oxygen atoms in total. The number of nitrogens with one attached hydrogen (secondary N) is 1. The molecule has 2 saturated heterocycles. The van der Waals surface area contributed by atoms with Crippen molar-refractivity contribution in [2.75, 3.05) is 45.9 Å². The topological polar surface area (TPSA) is 82.1 Å². The highest BCUT2D eigenvalue weighted by atomic mass is 16.5. The highest BCUT2D eigenvalue weighted by Gasteiger charge is 2.28. The number of hydrogen-bond donors (Lipinski definition) is 2. The predicted molar refractivity (Wildman–Crippen MR) is 68.0 cm³/mol. The fourth-order valence-electron chi connectivity index (χ4n) is 2.45. The largest absolute Gasteiger partial charge is 0.481 e. The van der Waals surface area contributed by atoms with Crippen LogP contribution in [0.25, 0.3) is 0 Å². The molecule has 1 unspecified atom stereocenters. The SMILES string of the molecule is O=C(O)CC1CN(C(=O)N2CCCNCC2)CCO1.